The quantitative estimate of drug-likeness (QED) is 0.716. The number of nitrogen functional groups attached to an aromatic ring is 1. The van der Waals surface area contributed by atoms with E-state index < -0.39 is 0 Å². The van der Waals surface area contributed by atoms with Crippen LogP contribution in [0.3, 0.4) is 0 Å². The summed E-state index contributed by atoms with van der Waals surface area (Å²) in [4.78, 5) is 29.0. The molecule has 0 amide bonds. The number of anilines is 1. The van der Waals surface area contributed by atoms with Crippen LogP contribution in [-0.4, -0.2) is 32.8 Å². The molecule has 24 heavy (non-hydrogen) atoms. The second-order valence-corrected chi connectivity index (χ2v) is 5.00. The predicted molar refractivity (Wildman–Crippen MR) is 88.5 cm³/mol. The van der Waals surface area contributed by atoms with E-state index in [1.165, 1.54) is 12.4 Å². The maximum atomic E-state index is 12.3. The van der Waals surface area contributed by atoms with Crippen LogP contribution in [0, 0.1) is 0 Å². The molecule has 0 aliphatic rings. The van der Waals surface area contributed by atoms with Crippen molar-refractivity contribution < 1.29 is 9.53 Å². The lowest BCUT2D eigenvalue weighted by molar-refractivity contribution is 0.0991. The summed E-state index contributed by atoms with van der Waals surface area (Å²) in [6.45, 7) is 0. The van der Waals surface area contributed by atoms with Gasteiger partial charge in [-0.05, 0) is 18.2 Å². The van der Waals surface area contributed by atoms with E-state index in [0.29, 0.717) is 28.3 Å². The van der Waals surface area contributed by atoms with Crippen LogP contribution in [0.4, 0.5) is 5.82 Å². The SMILES string of the molecule is COc1ccncc1-c1cnc(N)c(CC(=O)c2cccnc2)n1. The molecule has 0 fully saturated rings. The monoisotopic (exact) mass is 321 g/mol. The summed E-state index contributed by atoms with van der Waals surface area (Å²) in [6.07, 6.45) is 7.96. The van der Waals surface area contributed by atoms with Gasteiger partial charge in [0.25, 0.3) is 0 Å². The van der Waals surface area contributed by atoms with Gasteiger partial charge in [0.05, 0.1) is 36.7 Å². The number of hydrogen-bond acceptors (Lipinski definition) is 7. The van der Waals surface area contributed by atoms with Gasteiger partial charge in [-0.2, -0.15) is 0 Å². The van der Waals surface area contributed by atoms with Gasteiger partial charge in [-0.1, -0.05) is 0 Å². The van der Waals surface area contributed by atoms with E-state index >= 15 is 0 Å². The summed E-state index contributed by atoms with van der Waals surface area (Å²) in [5, 5.41) is 0. The number of Topliss-reactive ketones (excluding diaryl/α,β-unsaturated/α-hetero) is 1. The zero-order valence-electron chi connectivity index (χ0n) is 13.0. The fourth-order valence-corrected chi connectivity index (χ4v) is 2.23. The molecule has 0 radical (unpaired) electrons. The molecule has 0 atom stereocenters. The van der Waals surface area contributed by atoms with Gasteiger partial charge in [-0.15, -0.1) is 0 Å². The van der Waals surface area contributed by atoms with E-state index in [-0.39, 0.29) is 18.0 Å². The maximum absolute atomic E-state index is 12.3. The van der Waals surface area contributed by atoms with Gasteiger partial charge in [0.2, 0.25) is 0 Å². The highest BCUT2D eigenvalue weighted by Crippen LogP contribution is 2.27. The van der Waals surface area contributed by atoms with Crippen LogP contribution < -0.4 is 10.5 Å². The average molecular weight is 321 g/mol. The Labute approximate surface area is 138 Å². The Balaban J connectivity index is 1.94. The van der Waals surface area contributed by atoms with Crippen molar-refractivity contribution in [1.29, 1.82) is 0 Å². The molecule has 3 rings (SSSR count). The van der Waals surface area contributed by atoms with Gasteiger partial charge in [0.1, 0.15) is 11.6 Å². The Morgan fingerprint density at radius 3 is 2.75 bits per heavy atom. The normalized spacial score (nSPS) is 10.4. The Hall–Kier alpha value is -3.35. The number of methoxy groups -OCH3 is 1. The van der Waals surface area contributed by atoms with E-state index in [4.69, 9.17) is 10.5 Å². The molecule has 0 bridgehead atoms. The van der Waals surface area contributed by atoms with Crippen molar-refractivity contribution in [2.45, 2.75) is 6.42 Å². The minimum absolute atomic E-state index is 0.0426. The van der Waals surface area contributed by atoms with Crippen molar-refractivity contribution in [3.8, 4) is 17.0 Å². The molecule has 3 aromatic heterocycles. The molecule has 0 saturated carbocycles. The van der Waals surface area contributed by atoms with Gasteiger partial charge in [-0.25, -0.2) is 9.97 Å². The third-order valence-corrected chi connectivity index (χ3v) is 3.47. The van der Waals surface area contributed by atoms with Gasteiger partial charge in [0.15, 0.2) is 5.78 Å². The van der Waals surface area contributed by atoms with Crippen LogP contribution >= 0.6 is 0 Å². The standard InChI is InChI=1S/C17H15N5O2/c1-24-16-4-6-20-9-12(16)14-10-21-17(18)13(22-14)7-15(23)11-3-2-5-19-8-11/h2-6,8-10H,7H2,1H3,(H2,18,21). The van der Waals surface area contributed by atoms with E-state index in [2.05, 4.69) is 19.9 Å². The number of rotatable bonds is 5. The molecule has 7 heteroatoms. The Kier molecular flexibility index (Phi) is 4.42. The van der Waals surface area contributed by atoms with E-state index in [0.717, 1.165) is 0 Å². The van der Waals surface area contributed by atoms with Gasteiger partial charge >= 0.3 is 0 Å². The largest absolute Gasteiger partial charge is 0.496 e. The van der Waals surface area contributed by atoms with Crippen LogP contribution in [0.15, 0.2) is 49.2 Å². The number of hydrogen-bond donors (Lipinski definition) is 1. The van der Waals surface area contributed by atoms with Crippen LogP contribution in [0.5, 0.6) is 5.75 Å². The molecular formula is C17H15N5O2. The zero-order valence-corrected chi connectivity index (χ0v) is 13.0. The lowest BCUT2D eigenvalue weighted by atomic mass is 10.1. The molecule has 120 valence electrons. The highest BCUT2D eigenvalue weighted by atomic mass is 16.5. The third-order valence-electron chi connectivity index (χ3n) is 3.47. The molecule has 7 nitrogen and oxygen atoms in total. The number of aromatic nitrogens is 4. The predicted octanol–water partition coefficient (Wildman–Crippen LogP) is 1.95. The fourth-order valence-electron chi connectivity index (χ4n) is 2.23. The molecule has 3 heterocycles. The lowest BCUT2D eigenvalue weighted by Gasteiger charge is -2.09. The number of ketones is 1. The first-order chi connectivity index (χ1) is 11.7. The van der Waals surface area contributed by atoms with Gasteiger partial charge in [-0.3, -0.25) is 14.8 Å². The lowest BCUT2D eigenvalue weighted by Crippen LogP contribution is -2.10. The smallest absolute Gasteiger partial charge is 0.170 e. The first-order valence-electron chi connectivity index (χ1n) is 7.22. The first kappa shape index (κ1) is 15.5. The Morgan fingerprint density at radius 2 is 2.00 bits per heavy atom. The Bertz CT molecular complexity index is 868. The highest BCUT2D eigenvalue weighted by Gasteiger charge is 2.15. The van der Waals surface area contributed by atoms with Gasteiger partial charge < -0.3 is 10.5 Å². The third kappa shape index (κ3) is 3.19. The molecule has 0 saturated heterocycles. The number of carbonyl (C=O) groups is 1. The second-order valence-electron chi connectivity index (χ2n) is 5.00. The number of carbonyl (C=O) groups excluding carboxylic acids is 1. The summed E-state index contributed by atoms with van der Waals surface area (Å²) >= 11 is 0. The number of ether oxygens (including phenoxy) is 1. The molecule has 2 N–H and O–H groups in total. The summed E-state index contributed by atoms with van der Waals surface area (Å²) < 4.78 is 5.31. The molecule has 0 aromatic carbocycles. The van der Waals surface area contributed by atoms with Crippen molar-refractivity contribution in [3.63, 3.8) is 0 Å². The topological polar surface area (TPSA) is 104 Å². The Morgan fingerprint density at radius 1 is 1.17 bits per heavy atom. The van der Waals surface area contributed by atoms with Gasteiger partial charge in [0, 0.05) is 30.4 Å². The fraction of sp³-hybridized carbons (Fsp3) is 0.118. The minimum atomic E-state index is -0.126. The second kappa shape index (κ2) is 6.82. The number of nitrogens with two attached hydrogens (primary N) is 1. The molecule has 0 aliphatic carbocycles. The van der Waals surface area contributed by atoms with E-state index in [1.807, 2.05) is 0 Å². The van der Waals surface area contributed by atoms with Crippen molar-refractivity contribution in [2.75, 3.05) is 12.8 Å². The average Bonchev–Trinajstić information content (AvgIpc) is 2.64. The van der Waals surface area contributed by atoms with Crippen molar-refractivity contribution in [3.05, 3.63) is 60.4 Å². The summed E-state index contributed by atoms with van der Waals surface area (Å²) in [5.41, 5.74) is 8.02. The molecule has 0 unspecified atom stereocenters. The van der Waals surface area contributed by atoms with Crippen LogP contribution in [0.25, 0.3) is 11.3 Å². The summed E-state index contributed by atoms with van der Waals surface area (Å²) in [7, 11) is 1.57. The maximum Gasteiger partial charge on any atom is 0.170 e. The molecule has 3 aromatic rings. The zero-order chi connectivity index (χ0) is 16.9. The van der Waals surface area contributed by atoms with Crippen LogP contribution in [0.2, 0.25) is 0 Å². The summed E-state index contributed by atoms with van der Waals surface area (Å²) in [6, 6.07) is 5.14. The van der Waals surface area contributed by atoms with E-state index in [1.54, 1.807) is 43.9 Å². The van der Waals surface area contributed by atoms with E-state index in [9.17, 15) is 4.79 Å². The van der Waals surface area contributed by atoms with Crippen LogP contribution in [-0.2, 0) is 6.42 Å². The summed E-state index contributed by atoms with van der Waals surface area (Å²) in [5.74, 6) is 0.715. The van der Waals surface area contributed by atoms with Crippen molar-refractivity contribution in [1.82, 2.24) is 19.9 Å². The van der Waals surface area contributed by atoms with Crippen molar-refractivity contribution in [2.24, 2.45) is 0 Å². The van der Waals surface area contributed by atoms with Crippen molar-refractivity contribution >= 4 is 11.6 Å². The number of nitrogens with zero attached hydrogens (tertiary/aromatic N) is 4. The molecular weight excluding hydrogens is 306 g/mol. The minimum Gasteiger partial charge on any atom is -0.496 e. The highest BCUT2D eigenvalue weighted by molar-refractivity contribution is 5.97. The van der Waals surface area contributed by atoms with Crippen LogP contribution in [0.1, 0.15) is 16.1 Å². The molecule has 0 spiro atoms. The molecule has 0 aliphatic heterocycles. The number of pyridine rings is 2. The first-order valence-corrected chi connectivity index (χ1v) is 7.22.